The first-order valence-corrected chi connectivity index (χ1v) is 7.83. The maximum atomic E-state index is 13.5. The van der Waals surface area contributed by atoms with Gasteiger partial charge in [-0.25, -0.2) is 4.39 Å². The van der Waals surface area contributed by atoms with E-state index in [1.165, 1.54) is 12.1 Å². The number of aldehydes is 1. The number of carbonyl (C=O) groups excluding carboxylic acids is 1. The fourth-order valence-corrected chi connectivity index (χ4v) is 4.18. The van der Waals surface area contributed by atoms with Crippen molar-refractivity contribution < 1.29 is 13.9 Å². The number of fused-ring (bicyclic) bond motifs is 2. The van der Waals surface area contributed by atoms with Crippen LogP contribution in [0.25, 0.3) is 10.9 Å². The molecule has 1 aromatic carbocycles. The summed E-state index contributed by atoms with van der Waals surface area (Å²) in [7, 11) is 0. The lowest BCUT2D eigenvalue weighted by molar-refractivity contribution is -0.111. The molecule has 0 aliphatic heterocycles. The fraction of sp³-hybridized carbons (Fsp3) is 0.444. The zero-order valence-electron chi connectivity index (χ0n) is 12.4. The van der Waals surface area contributed by atoms with E-state index in [4.69, 9.17) is 4.74 Å². The first-order valence-electron chi connectivity index (χ1n) is 7.83. The Morgan fingerprint density at radius 2 is 2.09 bits per heavy atom. The van der Waals surface area contributed by atoms with Gasteiger partial charge < -0.3 is 9.53 Å². The molecule has 4 rings (SSSR count). The van der Waals surface area contributed by atoms with Gasteiger partial charge >= 0.3 is 0 Å². The van der Waals surface area contributed by atoms with Crippen molar-refractivity contribution in [3.8, 4) is 5.75 Å². The number of benzene rings is 1. The molecule has 0 amide bonds. The molecule has 0 saturated heterocycles. The molecule has 2 aliphatic carbocycles. The molecule has 2 saturated carbocycles. The van der Waals surface area contributed by atoms with Gasteiger partial charge in [0.15, 0.2) is 0 Å². The zero-order valence-corrected chi connectivity index (χ0v) is 12.4. The van der Waals surface area contributed by atoms with Crippen LogP contribution in [0.2, 0.25) is 0 Å². The third-order valence-electron chi connectivity index (χ3n) is 5.25. The lowest BCUT2D eigenvalue weighted by atomic mass is 9.99. The summed E-state index contributed by atoms with van der Waals surface area (Å²) in [6.07, 6.45) is 4.92. The van der Waals surface area contributed by atoms with E-state index >= 15 is 0 Å². The second kappa shape index (κ2) is 5.04. The van der Waals surface area contributed by atoms with Gasteiger partial charge in [-0.15, -0.1) is 0 Å². The van der Waals surface area contributed by atoms with Gasteiger partial charge in [0, 0.05) is 17.5 Å². The maximum absolute atomic E-state index is 13.5. The highest BCUT2D eigenvalue weighted by molar-refractivity contribution is 5.84. The third-order valence-corrected chi connectivity index (χ3v) is 5.25. The van der Waals surface area contributed by atoms with Crippen LogP contribution in [0.4, 0.5) is 4.39 Å². The predicted molar refractivity (Wildman–Crippen MR) is 81.0 cm³/mol. The normalized spacial score (nSPS) is 30.8. The molecule has 5 atom stereocenters. The highest BCUT2D eigenvalue weighted by Gasteiger charge is 2.58. The summed E-state index contributed by atoms with van der Waals surface area (Å²) in [5.74, 6) is 2.37. The number of hydrogen-bond donors (Lipinski definition) is 0. The van der Waals surface area contributed by atoms with Crippen molar-refractivity contribution in [1.29, 1.82) is 0 Å². The van der Waals surface area contributed by atoms with Crippen molar-refractivity contribution in [2.75, 3.05) is 0 Å². The molecule has 2 aliphatic rings. The first kappa shape index (κ1) is 13.7. The second-order valence-electron chi connectivity index (χ2n) is 6.58. The number of hydrogen-bond acceptors (Lipinski definition) is 3. The standard InChI is InChI=1S/C18H18FNO2/c1-10(9-21)18-13-7-12(8-14(13)18)22-17-4-5-20-16-3-2-11(19)6-15(16)17/h2-6,9-10,12-14,18H,7-8H2,1H3/t10?,12-,13-,14+,18-. The third kappa shape index (κ3) is 2.18. The average molecular weight is 299 g/mol. The van der Waals surface area contributed by atoms with Crippen molar-refractivity contribution in [2.24, 2.45) is 23.7 Å². The Balaban J connectivity index is 1.50. The molecule has 0 spiro atoms. The monoisotopic (exact) mass is 299 g/mol. The lowest BCUT2D eigenvalue weighted by Gasteiger charge is -2.18. The maximum Gasteiger partial charge on any atom is 0.130 e. The van der Waals surface area contributed by atoms with E-state index in [-0.39, 0.29) is 17.8 Å². The Morgan fingerprint density at radius 3 is 2.82 bits per heavy atom. The molecule has 2 aromatic rings. The Hall–Kier alpha value is -1.97. The summed E-state index contributed by atoms with van der Waals surface area (Å²) in [6, 6.07) is 6.36. The van der Waals surface area contributed by atoms with Crippen LogP contribution in [0.1, 0.15) is 19.8 Å². The fourth-order valence-electron chi connectivity index (χ4n) is 4.18. The largest absolute Gasteiger partial charge is 0.490 e. The summed E-state index contributed by atoms with van der Waals surface area (Å²) in [5, 5.41) is 0.723. The van der Waals surface area contributed by atoms with Gasteiger partial charge in [-0.3, -0.25) is 4.98 Å². The van der Waals surface area contributed by atoms with Crippen LogP contribution in [0.5, 0.6) is 5.75 Å². The van der Waals surface area contributed by atoms with E-state index in [0.29, 0.717) is 23.5 Å². The molecule has 4 heteroatoms. The van der Waals surface area contributed by atoms with Crippen LogP contribution in [-0.4, -0.2) is 17.4 Å². The molecule has 2 fully saturated rings. The SMILES string of the molecule is CC(C=O)[C@@H]1[C@@H]2C[C@@H](Oc3ccnc4ccc(F)cc34)C[C@@H]21. The minimum atomic E-state index is -0.278. The summed E-state index contributed by atoms with van der Waals surface area (Å²) in [5.41, 5.74) is 0.745. The van der Waals surface area contributed by atoms with E-state index in [1.54, 1.807) is 18.3 Å². The average Bonchev–Trinajstić information content (AvgIpc) is 3.03. The van der Waals surface area contributed by atoms with Crippen molar-refractivity contribution in [3.05, 3.63) is 36.3 Å². The quantitative estimate of drug-likeness (QED) is 0.810. The number of aromatic nitrogens is 1. The van der Waals surface area contributed by atoms with Crippen LogP contribution in [-0.2, 0) is 4.79 Å². The molecule has 0 radical (unpaired) electrons. The highest BCUT2D eigenvalue weighted by atomic mass is 19.1. The number of nitrogens with zero attached hydrogens (tertiary/aromatic N) is 1. The first-order chi connectivity index (χ1) is 10.7. The zero-order chi connectivity index (χ0) is 15.3. The van der Waals surface area contributed by atoms with Crippen LogP contribution >= 0.6 is 0 Å². The molecule has 1 unspecified atom stereocenters. The van der Waals surface area contributed by atoms with Gasteiger partial charge in [0.05, 0.1) is 11.6 Å². The van der Waals surface area contributed by atoms with Gasteiger partial charge in [-0.05, 0) is 54.9 Å². The smallest absolute Gasteiger partial charge is 0.130 e. The summed E-state index contributed by atoms with van der Waals surface area (Å²) in [6.45, 7) is 2.00. The topological polar surface area (TPSA) is 39.2 Å². The number of carbonyl (C=O) groups is 1. The molecule has 1 heterocycles. The van der Waals surface area contributed by atoms with E-state index in [9.17, 15) is 9.18 Å². The van der Waals surface area contributed by atoms with Gasteiger partial charge in [0.2, 0.25) is 0 Å². The van der Waals surface area contributed by atoms with Gasteiger partial charge in [0.1, 0.15) is 17.9 Å². The van der Waals surface area contributed by atoms with E-state index < -0.39 is 0 Å². The number of pyridine rings is 1. The van der Waals surface area contributed by atoms with Crippen LogP contribution in [0, 0.1) is 29.5 Å². The number of ether oxygens (including phenoxy) is 1. The molecule has 0 bridgehead atoms. The van der Waals surface area contributed by atoms with Crippen molar-refractivity contribution in [3.63, 3.8) is 0 Å². The summed E-state index contributed by atoms with van der Waals surface area (Å²) in [4.78, 5) is 15.1. The van der Waals surface area contributed by atoms with Crippen LogP contribution < -0.4 is 4.74 Å². The van der Waals surface area contributed by atoms with E-state index in [2.05, 4.69) is 4.98 Å². The number of rotatable bonds is 4. The van der Waals surface area contributed by atoms with Crippen LogP contribution in [0.15, 0.2) is 30.5 Å². The van der Waals surface area contributed by atoms with Gasteiger partial charge in [-0.2, -0.15) is 0 Å². The molecule has 22 heavy (non-hydrogen) atoms. The molecule has 3 nitrogen and oxygen atoms in total. The molecular weight excluding hydrogens is 281 g/mol. The van der Waals surface area contributed by atoms with Crippen LogP contribution in [0.3, 0.4) is 0 Å². The Labute approximate surface area is 128 Å². The minimum Gasteiger partial charge on any atom is -0.490 e. The molecular formula is C18H18FNO2. The summed E-state index contributed by atoms with van der Waals surface area (Å²) < 4.78 is 19.6. The van der Waals surface area contributed by atoms with Gasteiger partial charge in [-0.1, -0.05) is 6.92 Å². The lowest BCUT2D eigenvalue weighted by Crippen LogP contribution is -2.18. The molecule has 1 aromatic heterocycles. The highest BCUT2D eigenvalue weighted by Crippen LogP contribution is 2.60. The minimum absolute atomic E-state index is 0.159. The molecule has 0 N–H and O–H groups in total. The van der Waals surface area contributed by atoms with Gasteiger partial charge in [0.25, 0.3) is 0 Å². The van der Waals surface area contributed by atoms with E-state index in [0.717, 1.165) is 30.0 Å². The van der Waals surface area contributed by atoms with Crippen molar-refractivity contribution in [2.45, 2.75) is 25.9 Å². The Morgan fingerprint density at radius 1 is 1.32 bits per heavy atom. The predicted octanol–water partition coefficient (Wildman–Crippen LogP) is 3.61. The van der Waals surface area contributed by atoms with E-state index in [1.807, 2.05) is 6.92 Å². The van der Waals surface area contributed by atoms with Crippen molar-refractivity contribution >= 4 is 17.2 Å². The Kier molecular flexibility index (Phi) is 3.13. The summed E-state index contributed by atoms with van der Waals surface area (Å²) >= 11 is 0. The molecule has 114 valence electrons. The second-order valence-corrected chi connectivity index (χ2v) is 6.58. The van der Waals surface area contributed by atoms with Crippen molar-refractivity contribution in [1.82, 2.24) is 4.98 Å². The number of halogens is 1. The Bertz CT molecular complexity index is 720.